The number of carbonyl (C=O) groups excluding carboxylic acids is 1. The van der Waals surface area contributed by atoms with Gasteiger partial charge in [0.15, 0.2) is 0 Å². The van der Waals surface area contributed by atoms with Crippen LogP contribution in [0.25, 0.3) is 11.3 Å². The monoisotopic (exact) mass is 402 g/mol. The van der Waals surface area contributed by atoms with Gasteiger partial charge in [0.25, 0.3) is 5.56 Å². The van der Waals surface area contributed by atoms with Crippen LogP contribution in [0.15, 0.2) is 71.5 Å². The van der Waals surface area contributed by atoms with Gasteiger partial charge in [0.05, 0.1) is 17.9 Å². The van der Waals surface area contributed by atoms with Crippen LogP contribution in [0.2, 0.25) is 0 Å². The summed E-state index contributed by atoms with van der Waals surface area (Å²) < 4.78 is 3.34. The lowest BCUT2D eigenvalue weighted by molar-refractivity contribution is -0.117. The van der Waals surface area contributed by atoms with Gasteiger partial charge in [-0.2, -0.15) is 0 Å². The first kappa shape index (κ1) is 19.9. The summed E-state index contributed by atoms with van der Waals surface area (Å²) in [6, 6.07) is 19.7. The molecule has 0 bridgehead atoms. The molecule has 1 amide bonds. The second-order valence-corrected chi connectivity index (χ2v) is 7.57. The van der Waals surface area contributed by atoms with Crippen LogP contribution in [0.4, 0.5) is 5.69 Å². The van der Waals surface area contributed by atoms with Gasteiger partial charge in [-0.05, 0) is 36.6 Å². The molecule has 1 aliphatic rings. The molecular formula is C24H26N4O2. The Morgan fingerprint density at radius 2 is 1.70 bits per heavy atom. The number of carbonyl (C=O) groups is 1. The Morgan fingerprint density at radius 1 is 1.03 bits per heavy atom. The summed E-state index contributed by atoms with van der Waals surface area (Å²) in [6.45, 7) is 3.64. The summed E-state index contributed by atoms with van der Waals surface area (Å²) in [4.78, 5) is 27.7. The largest absolute Gasteiger partial charge is 0.319 e. The maximum Gasteiger partial charge on any atom is 0.295 e. The van der Waals surface area contributed by atoms with Crippen LogP contribution < -0.4 is 10.9 Å². The lowest BCUT2D eigenvalue weighted by Gasteiger charge is -2.25. The highest BCUT2D eigenvalue weighted by Gasteiger charge is 2.20. The fourth-order valence-corrected chi connectivity index (χ4v) is 3.86. The van der Waals surface area contributed by atoms with Gasteiger partial charge in [-0.25, -0.2) is 4.68 Å². The minimum atomic E-state index is -0.223. The van der Waals surface area contributed by atoms with Crippen LogP contribution in [0, 0.1) is 6.92 Å². The normalized spacial score (nSPS) is 14.4. The van der Waals surface area contributed by atoms with E-state index in [2.05, 4.69) is 28.4 Å². The number of anilines is 1. The van der Waals surface area contributed by atoms with Gasteiger partial charge < -0.3 is 5.32 Å². The summed E-state index contributed by atoms with van der Waals surface area (Å²) in [5.74, 6) is -0.169. The Balaban J connectivity index is 1.44. The Labute approximate surface area is 176 Å². The lowest BCUT2D eigenvalue weighted by atomic mass is 10.00. The van der Waals surface area contributed by atoms with E-state index in [4.69, 9.17) is 0 Å². The van der Waals surface area contributed by atoms with E-state index >= 15 is 0 Å². The molecule has 2 heterocycles. The van der Waals surface area contributed by atoms with Crippen molar-refractivity contribution in [2.45, 2.75) is 13.3 Å². The molecule has 0 radical (unpaired) electrons. The molecule has 0 unspecified atom stereocenters. The highest BCUT2D eigenvalue weighted by molar-refractivity contribution is 5.92. The number of para-hydroxylation sites is 1. The SMILES string of the molecule is Cc1c(NC(=O)CN2CC=C(c3ccccc3)CC2)c(=O)n(-c2ccccc2)n1C. The third-order valence-electron chi connectivity index (χ3n) is 5.62. The predicted octanol–water partition coefficient (Wildman–Crippen LogP) is 3.21. The van der Waals surface area contributed by atoms with E-state index in [0.29, 0.717) is 5.69 Å². The van der Waals surface area contributed by atoms with Crippen molar-refractivity contribution in [2.75, 3.05) is 25.0 Å². The molecule has 0 atom stereocenters. The van der Waals surface area contributed by atoms with Crippen LogP contribution in [0.5, 0.6) is 0 Å². The summed E-state index contributed by atoms with van der Waals surface area (Å²) >= 11 is 0. The molecule has 6 nitrogen and oxygen atoms in total. The van der Waals surface area contributed by atoms with Crippen molar-refractivity contribution in [3.05, 3.63) is 88.4 Å². The van der Waals surface area contributed by atoms with E-state index in [0.717, 1.165) is 30.9 Å². The maximum atomic E-state index is 12.9. The first-order chi connectivity index (χ1) is 14.5. The summed E-state index contributed by atoms with van der Waals surface area (Å²) in [5, 5.41) is 2.84. The molecule has 3 aromatic rings. The maximum absolute atomic E-state index is 12.9. The van der Waals surface area contributed by atoms with E-state index in [1.165, 1.54) is 11.1 Å². The molecule has 1 aliphatic heterocycles. The average Bonchev–Trinajstić information content (AvgIpc) is 2.98. The van der Waals surface area contributed by atoms with Gasteiger partial charge >= 0.3 is 0 Å². The molecule has 1 N–H and O–H groups in total. The van der Waals surface area contributed by atoms with Crippen molar-refractivity contribution in [2.24, 2.45) is 7.05 Å². The molecule has 30 heavy (non-hydrogen) atoms. The van der Waals surface area contributed by atoms with Crippen molar-refractivity contribution in [1.82, 2.24) is 14.3 Å². The standard InChI is InChI=1S/C24H26N4O2/c1-18-23(24(30)28(26(18)2)21-11-7-4-8-12-21)25-22(29)17-27-15-13-20(14-16-27)19-9-5-3-6-10-19/h3-13H,14-17H2,1-2H3,(H,25,29). The van der Waals surface area contributed by atoms with Crippen molar-refractivity contribution in [1.29, 1.82) is 0 Å². The first-order valence-corrected chi connectivity index (χ1v) is 10.2. The molecule has 0 saturated heterocycles. The van der Waals surface area contributed by atoms with Crippen molar-refractivity contribution in [3.8, 4) is 5.69 Å². The number of aromatic nitrogens is 2. The molecule has 4 rings (SSSR count). The van der Waals surface area contributed by atoms with Crippen LogP contribution in [-0.2, 0) is 11.8 Å². The van der Waals surface area contributed by atoms with E-state index in [1.54, 1.807) is 9.36 Å². The highest BCUT2D eigenvalue weighted by atomic mass is 16.2. The number of benzene rings is 2. The fraction of sp³-hybridized carbons (Fsp3) is 0.250. The van der Waals surface area contributed by atoms with E-state index in [1.807, 2.05) is 62.5 Å². The molecule has 6 heteroatoms. The van der Waals surface area contributed by atoms with Crippen LogP contribution in [0.3, 0.4) is 0 Å². The molecular weight excluding hydrogens is 376 g/mol. The van der Waals surface area contributed by atoms with E-state index in [-0.39, 0.29) is 18.0 Å². The second kappa shape index (κ2) is 8.55. The smallest absolute Gasteiger partial charge is 0.295 e. The molecule has 0 spiro atoms. The molecule has 0 aliphatic carbocycles. The molecule has 2 aromatic carbocycles. The zero-order valence-electron chi connectivity index (χ0n) is 17.3. The highest BCUT2D eigenvalue weighted by Crippen LogP contribution is 2.22. The fourth-order valence-electron chi connectivity index (χ4n) is 3.86. The number of rotatable bonds is 5. The Bertz CT molecular complexity index is 1130. The van der Waals surface area contributed by atoms with E-state index in [9.17, 15) is 9.59 Å². The van der Waals surface area contributed by atoms with Crippen LogP contribution in [-0.4, -0.2) is 39.8 Å². The number of hydrogen-bond acceptors (Lipinski definition) is 3. The van der Waals surface area contributed by atoms with Gasteiger partial charge in [0.1, 0.15) is 5.69 Å². The van der Waals surface area contributed by atoms with Gasteiger partial charge in [-0.15, -0.1) is 0 Å². The van der Waals surface area contributed by atoms with Crippen LogP contribution >= 0.6 is 0 Å². The van der Waals surface area contributed by atoms with Crippen molar-refractivity contribution >= 4 is 17.2 Å². The third-order valence-corrected chi connectivity index (χ3v) is 5.62. The quantitative estimate of drug-likeness (QED) is 0.713. The van der Waals surface area contributed by atoms with Crippen molar-refractivity contribution in [3.63, 3.8) is 0 Å². The van der Waals surface area contributed by atoms with Crippen molar-refractivity contribution < 1.29 is 4.79 Å². The summed E-state index contributed by atoms with van der Waals surface area (Å²) in [6.07, 6.45) is 3.09. The van der Waals surface area contributed by atoms with Gasteiger partial charge in [0, 0.05) is 20.1 Å². The van der Waals surface area contributed by atoms with Gasteiger partial charge in [-0.1, -0.05) is 54.6 Å². The number of nitrogens with zero attached hydrogens (tertiary/aromatic N) is 3. The number of nitrogens with one attached hydrogen (secondary N) is 1. The Hall–Kier alpha value is -3.38. The number of amides is 1. The number of hydrogen-bond donors (Lipinski definition) is 1. The predicted molar refractivity (Wildman–Crippen MR) is 120 cm³/mol. The minimum absolute atomic E-state index is 0.169. The topological polar surface area (TPSA) is 59.3 Å². The Kier molecular flexibility index (Phi) is 5.68. The Morgan fingerprint density at radius 3 is 2.33 bits per heavy atom. The lowest BCUT2D eigenvalue weighted by Crippen LogP contribution is -2.36. The molecule has 0 saturated carbocycles. The molecule has 0 fully saturated rings. The zero-order chi connectivity index (χ0) is 21.1. The van der Waals surface area contributed by atoms with Gasteiger partial charge in [-0.3, -0.25) is 19.2 Å². The zero-order valence-corrected chi connectivity index (χ0v) is 17.3. The second-order valence-electron chi connectivity index (χ2n) is 7.57. The first-order valence-electron chi connectivity index (χ1n) is 10.2. The minimum Gasteiger partial charge on any atom is -0.319 e. The summed E-state index contributed by atoms with van der Waals surface area (Å²) in [5.41, 5.74) is 4.16. The van der Waals surface area contributed by atoms with E-state index < -0.39 is 0 Å². The molecule has 154 valence electrons. The summed E-state index contributed by atoms with van der Waals surface area (Å²) in [7, 11) is 1.82. The molecule has 1 aromatic heterocycles. The van der Waals surface area contributed by atoms with Crippen LogP contribution in [0.1, 0.15) is 17.7 Å². The van der Waals surface area contributed by atoms with Gasteiger partial charge in [0.2, 0.25) is 5.91 Å². The third kappa shape index (κ3) is 4.00. The average molecular weight is 402 g/mol.